The number of hydrogen-bond donors (Lipinski definition) is 1. The van der Waals surface area contributed by atoms with Gasteiger partial charge >= 0.3 is 0 Å². The summed E-state index contributed by atoms with van der Waals surface area (Å²) in [5, 5.41) is 10.4. The molecule has 0 aromatic heterocycles. The van der Waals surface area contributed by atoms with Gasteiger partial charge in [-0.25, -0.2) is 0 Å². The zero-order valence-corrected chi connectivity index (χ0v) is 19.5. The average Bonchev–Trinajstić information content (AvgIpc) is 3.28. The smallest absolute Gasteiger partial charge is 0.254 e. The van der Waals surface area contributed by atoms with Crippen LogP contribution in [0.3, 0.4) is 0 Å². The molecule has 2 aromatic rings. The molecule has 1 aliphatic heterocycles. The maximum absolute atomic E-state index is 12.9. The number of hydrogen-bond acceptors (Lipinski definition) is 4. The Balaban J connectivity index is 1.22. The first-order valence-electron chi connectivity index (χ1n) is 12.3. The minimum Gasteiger partial charge on any atom is -0.393 e. The first kappa shape index (κ1) is 23.7. The predicted molar refractivity (Wildman–Crippen MR) is 129 cm³/mol. The Morgan fingerprint density at radius 1 is 1.03 bits per heavy atom. The number of aliphatic hydroxyl groups excluding tert-OH is 1. The Morgan fingerprint density at radius 3 is 2.36 bits per heavy atom. The lowest BCUT2D eigenvalue weighted by atomic mass is 9.95. The molecule has 1 aliphatic carbocycles. The van der Waals surface area contributed by atoms with Gasteiger partial charge in [0.2, 0.25) is 0 Å². The second-order valence-electron chi connectivity index (χ2n) is 9.45. The average molecular weight is 450 g/mol. The van der Waals surface area contributed by atoms with Crippen molar-refractivity contribution in [3.05, 3.63) is 70.8 Å². The van der Waals surface area contributed by atoms with Crippen molar-refractivity contribution in [2.24, 2.45) is 5.92 Å². The number of aliphatic hydroxyl groups is 1. The van der Waals surface area contributed by atoms with Crippen molar-refractivity contribution in [1.29, 1.82) is 0 Å². The summed E-state index contributed by atoms with van der Waals surface area (Å²) >= 11 is 0. The highest BCUT2D eigenvalue weighted by atomic mass is 16.5. The van der Waals surface area contributed by atoms with E-state index in [0.29, 0.717) is 49.6 Å². The summed E-state index contributed by atoms with van der Waals surface area (Å²) in [5.74, 6) is 0.601. The molecule has 1 heterocycles. The van der Waals surface area contributed by atoms with Crippen LogP contribution < -0.4 is 0 Å². The molecular weight excluding hydrogens is 414 g/mol. The predicted octanol–water partition coefficient (Wildman–Crippen LogP) is 4.46. The van der Waals surface area contributed by atoms with Crippen LogP contribution in [-0.4, -0.2) is 53.6 Å². The quantitative estimate of drug-likeness (QED) is 0.574. The van der Waals surface area contributed by atoms with Gasteiger partial charge in [-0.05, 0) is 67.7 Å². The summed E-state index contributed by atoms with van der Waals surface area (Å²) in [7, 11) is 0. The SMILES string of the molecule is CC[C@H]1COCCN1C(=O)c1ccc(C(=O)CC[C@@H](O)CCC2Cc3ccccc3C2)cc1. The van der Waals surface area contributed by atoms with E-state index in [4.69, 9.17) is 4.74 Å². The zero-order chi connectivity index (χ0) is 23.2. The van der Waals surface area contributed by atoms with Crippen LogP contribution in [-0.2, 0) is 17.6 Å². The third-order valence-electron chi connectivity index (χ3n) is 7.16. The van der Waals surface area contributed by atoms with Crippen LogP contribution in [0.25, 0.3) is 0 Å². The fourth-order valence-electron chi connectivity index (χ4n) is 5.09. The molecule has 176 valence electrons. The highest BCUT2D eigenvalue weighted by Crippen LogP contribution is 2.30. The second kappa shape index (κ2) is 11.1. The van der Waals surface area contributed by atoms with Gasteiger partial charge in [0, 0.05) is 24.1 Å². The highest BCUT2D eigenvalue weighted by molar-refractivity contribution is 5.98. The lowest BCUT2D eigenvalue weighted by Crippen LogP contribution is -2.48. The summed E-state index contributed by atoms with van der Waals surface area (Å²) in [6.45, 7) is 3.80. The molecule has 0 spiro atoms. The minimum atomic E-state index is -0.453. The van der Waals surface area contributed by atoms with E-state index in [1.54, 1.807) is 24.3 Å². The van der Waals surface area contributed by atoms with Gasteiger partial charge in [0.15, 0.2) is 5.78 Å². The van der Waals surface area contributed by atoms with Gasteiger partial charge in [-0.3, -0.25) is 9.59 Å². The minimum absolute atomic E-state index is 0.00589. The molecular formula is C28H35NO4. The summed E-state index contributed by atoms with van der Waals surface area (Å²) < 4.78 is 5.49. The van der Waals surface area contributed by atoms with Crippen LogP contribution in [0.1, 0.15) is 70.9 Å². The van der Waals surface area contributed by atoms with E-state index < -0.39 is 6.10 Å². The van der Waals surface area contributed by atoms with E-state index in [2.05, 4.69) is 31.2 Å². The maximum atomic E-state index is 12.9. The molecule has 2 aromatic carbocycles. The second-order valence-corrected chi connectivity index (χ2v) is 9.45. The topological polar surface area (TPSA) is 66.8 Å². The van der Waals surface area contributed by atoms with E-state index in [1.165, 1.54) is 11.1 Å². The highest BCUT2D eigenvalue weighted by Gasteiger charge is 2.27. The number of ether oxygens (including phenoxy) is 1. The Kier molecular flexibility index (Phi) is 7.94. The standard InChI is InChI=1S/C28H35NO4/c1-2-25-19-33-16-15-29(25)28(32)22-10-8-21(9-11-22)27(31)14-13-26(30)12-7-20-17-23-5-3-4-6-24(23)18-20/h3-6,8-11,20,25-26,30H,2,7,12-19H2,1H3/t25-,26-/m0/s1. The van der Waals surface area contributed by atoms with Crippen LogP contribution >= 0.6 is 0 Å². The third kappa shape index (κ3) is 5.90. The number of nitrogens with zero attached hydrogens (tertiary/aromatic N) is 1. The fourth-order valence-corrected chi connectivity index (χ4v) is 5.09. The number of carbonyl (C=O) groups is 2. The van der Waals surface area contributed by atoms with Crippen molar-refractivity contribution in [3.63, 3.8) is 0 Å². The zero-order valence-electron chi connectivity index (χ0n) is 19.5. The summed E-state index contributed by atoms with van der Waals surface area (Å²) in [5.41, 5.74) is 4.07. The molecule has 4 rings (SSSR count). The Bertz CT molecular complexity index is 930. The van der Waals surface area contributed by atoms with E-state index in [9.17, 15) is 14.7 Å². The monoisotopic (exact) mass is 449 g/mol. The van der Waals surface area contributed by atoms with Crippen LogP contribution in [0.4, 0.5) is 0 Å². The first-order chi connectivity index (χ1) is 16.0. The van der Waals surface area contributed by atoms with Crippen molar-refractivity contribution in [2.75, 3.05) is 19.8 Å². The number of benzene rings is 2. The summed E-state index contributed by atoms with van der Waals surface area (Å²) in [4.78, 5) is 27.4. The number of ketones is 1. The van der Waals surface area contributed by atoms with Gasteiger partial charge in [-0.1, -0.05) is 43.3 Å². The molecule has 0 saturated carbocycles. The van der Waals surface area contributed by atoms with E-state index in [1.807, 2.05) is 4.90 Å². The summed E-state index contributed by atoms with van der Waals surface area (Å²) in [6.07, 6.45) is 5.11. The van der Waals surface area contributed by atoms with Crippen molar-refractivity contribution in [2.45, 2.75) is 64.0 Å². The van der Waals surface area contributed by atoms with Gasteiger partial charge in [0.25, 0.3) is 5.91 Å². The molecule has 1 amide bonds. The molecule has 1 saturated heterocycles. The van der Waals surface area contributed by atoms with Gasteiger partial charge in [-0.15, -0.1) is 0 Å². The van der Waals surface area contributed by atoms with Crippen molar-refractivity contribution >= 4 is 11.7 Å². The van der Waals surface area contributed by atoms with Gasteiger partial charge < -0.3 is 14.7 Å². The molecule has 2 aliphatic rings. The molecule has 1 N–H and O–H groups in total. The first-order valence-corrected chi connectivity index (χ1v) is 12.3. The largest absolute Gasteiger partial charge is 0.393 e. The lowest BCUT2D eigenvalue weighted by molar-refractivity contribution is -0.00280. The maximum Gasteiger partial charge on any atom is 0.254 e. The molecule has 33 heavy (non-hydrogen) atoms. The van der Waals surface area contributed by atoms with Gasteiger partial charge in [-0.2, -0.15) is 0 Å². The van der Waals surface area contributed by atoms with Crippen molar-refractivity contribution in [3.8, 4) is 0 Å². The van der Waals surface area contributed by atoms with E-state index >= 15 is 0 Å². The summed E-state index contributed by atoms with van der Waals surface area (Å²) in [6, 6.07) is 15.6. The lowest BCUT2D eigenvalue weighted by Gasteiger charge is -2.35. The molecule has 5 nitrogen and oxygen atoms in total. The Hall–Kier alpha value is -2.50. The molecule has 2 atom stereocenters. The van der Waals surface area contributed by atoms with Crippen molar-refractivity contribution < 1.29 is 19.4 Å². The normalized spacial score (nSPS) is 19.3. The van der Waals surface area contributed by atoms with Crippen LogP contribution in [0.2, 0.25) is 0 Å². The molecule has 1 fully saturated rings. The van der Waals surface area contributed by atoms with Crippen molar-refractivity contribution in [1.82, 2.24) is 4.90 Å². The number of Topliss-reactive ketones (excluding diaryl/α,β-unsaturated/α-hetero) is 1. The Labute approximate surface area is 196 Å². The number of morpholine rings is 1. The van der Waals surface area contributed by atoms with E-state index in [-0.39, 0.29) is 17.7 Å². The molecule has 0 unspecified atom stereocenters. The molecule has 0 bridgehead atoms. The van der Waals surface area contributed by atoms with Crippen LogP contribution in [0.5, 0.6) is 0 Å². The third-order valence-corrected chi connectivity index (χ3v) is 7.16. The van der Waals surface area contributed by atoms with Crippen LogP contribution in [0, 0.1) is 5.92 Å². The molecule has 0 radical (unpaired) electrons. The number of rotatable bonds is 9. The number of carbonyl (C=O) groups excluding carboxylic acids is 2. The van der Waals surface area contributed by atoms with Crippen LogP contribution in [0.15, 0.2) is 48.5 Å². The number of fused-ring (bicyclic) bond motifs is 1. The Morgan fingerprint density at radius 2 is 1.70 bits per heavy atom. The number of amides is 1. The van der Waals surface area contributed by atoms with E-state index in [0.717, 1.165) is 32.1 Å². The fraction of sp³-hybridized carbons (Fsp3) is 0.500. The van der Waals surface area contributed by atoms with Gasteiger partial charge in [0.1, 0.15) is 0 Å². The molecule has 5 heteroatoms. The van der Waals surface area contributed by atoms with Gasteiger partial charge in [0.05, 0.1) is 25.4 Å².